The molecule has 0 aromatic carbocycles. The molecule has 0 spiro atoms. The molecule has 0 fully saturated rings. The summed E-state index contributed by atoms with van der Waals surface area (Å²) in [6, 6.07) is 0. The summed E-state index contributed by atoms with van der Waals surface area (Å²) in [7, 11) is 0. The molecule has 0 amide bonds. The Morgan fingerprint density at radius 3 is 2.20 bits per heavy atom. The second-order valence-electron chi connectivity index (χ2n) is 4.20. The molecule has 0 aliphatic heterocycles. The lowest BCUT2D eigenvalue weighted by Crippen LogP contribution is -1.86. The molecule has 15 heavy (non-hydrogen) atoms. The number of hydrogen-bond donors (Lipinski definition) is 0. The number of rotatable bonds is 10. The van der Waals surface area contributed by atoms with Crippen LogP contribution in [0.2, 0.25) is 0 Å². The molecular weight excluding hydrogens is 184 g/mol. The van der Waals surface area contributed by atoms with Gasteiger partial charge in [-0.1, -0.05) is 52.0 Å². The van der Waals surface area contributed by atoms with Crippen molar-refractivity contribution in [3.63, 3.8) is 0 Å². The van der Waals surface area contributed by atoms with Crippen LogP contribution in [0.25, 0.3) is 0 Å². The van der Waals surface area contributed by atoms with Gasteiger partial charge in [-0.15, -0.1) is 0 Å². The molecule has 0 atom stereocenters. The van der Waals surface area contributed by atoms with Crippen molar-refractivity contribution in [3.8, 4) is 0 Å². The normalized spacial score (nSPS) is 11.7. The second kappa shape index (κ2) is 11.5. The fourth-order valence-electron chi connectivity index (χ4n) is 1.65. The van der Waals surface area contributed by atoms with E-state index in [1.165, 1.54) is 38.5 Å². The molecule has 0 heterocycles. The quantitative estimate of drug-likeness (QED) is 0.291. The maximum Gasteiger partial charge on any atom is 0.145 e. The van der Waals surface area contributed by atoms with E-state index >= 15 is 0 Å². The van der Waals surface area contributed by atoms with E-state index in [4.69, 9.17) is 0 Å². The monoisotopic (exact) mass is 210 g/mol. The SMILES string of the molecule is CCCCCC/C=C(/C=O)CCCCC. The summed E-state index contributed by atoms with van der Waals surface area (Å²) < 4.78 is 0. The molecule has 0 aromatic heterocycles. The topological polar surface area (TPSA) is 17.1 Å². The number of aldehydes is 1. The van der Waals surface area contributed by atoms with Gasteiger partial charge < -0.3 is 0 Å². The number of unbranched alkanes of at least 4 members (excludes halogenated alkanes) is 6. The van der Waals surface area contributed by atoms with Gasteiger partial charge in [-0.2, -0.15) is 0 Å². The summed E-state index contributed by atoms with van der Waals surface area (Å²) in [6.45, 7) is 4.41. The van der Waals surface area contributed by atoms with Crippen LogP contribution < -0.4 is 0 Å². The maximum absolute atomic E-state index is 10.8. The molecule has 0 saturated heterocycles. The van der Waals surface area contributed by atoms with Gasteiger partial charge in [0.15, 0.2) is 0 Å². The first-order valence-electron chi connectivity index (χ1n) is 6.49. The zero-order chi connectivity index (χ0) is 11.4. The Morgan fingerprint density at radius 1 is 0.933 bits per heavy atom. The first-order valence-corrected chi connectivity index (χ1v) is 6.49. The zero-order valence-electron chi connectivity index (χ0n) is 10.4. The van der Waals surface area contributed by atoms with E-state index in [1.54, 1.807) is 0 Å². The second-order valence-corrected chi connectivity index (χ2v) is 4.20. The Bertz CT molecular complexity index is 170. The maximum atomic E-state index is 10.8. The highest BCUT2D eigenvalue weighted by Crippen LogP contribution is 2.10. The van der Waals surface area contributed by atoms with Crippen molar-refractivity contribution in [2.24, 2.45) is 0 Å². The van der Waals surface area contributed by atoms with Gasteiger partial charge in [-0.05, 0) is 31.3 Å². The zero-order valence-corrected chi connectivity index (χ0v) is 10.4. The van der Waals surface area contributed by atoms with E-state index in [-0.39, 0.29) is 0 Å². The van der Waals surface area contributed by atoms with Crippen molar-refractivity contribution >= 4 is 6.29 Å². The van der Waals surface area contributed by atoms with Crippen molar-refractivity contribution in [3.05, 3.63) is 11.6 Å². The number of hydrogen-bond acceptors (Lipinski definition) is 1. The summed E-state index contributed by atoms with van der Waals surface area (Å²) in [4.78, 5) is 10.8. The predicted octanol–water partition coefficient (Wildman–Crippen LogP) is 4.66. The summed E-state index contributed by atoms with van der Waals surface area (Å²) in [5.74, 6) is 0. The third-order valence-corrected chi connectivity index (χ3v) is 2.68. The van der Waals surface area contributed by atoms with Crippen molar-refractivity contribution in [2.45, 2.75) is 71.6 Å². The van der Waals surface area contributed by atoms with Gasteiger partial charge in [-0.3, -0.25) is 4.79 Å². The summed E-state index contributed by atoms with van der Waals surface area (Å²) in [6.07, 6.45) is 14.0. The highest BCUT2D eigenvalue weighted by atomic mass is 16.1. The van der Waals surface area contributed by atoms with Crippen LogP contribution in [0.4, 0.5) is 0 Å². The van der Waals surface area contributed by atoms with E-state index < -0.39 is 0 Å². The molecule has 0 aromatic rings. The van der Waals surface area contributed by atoms with Crippen LogP contribution >= 0.6 is 0 Å². The lowest BCUT2D eigenvalue weighted by molar-refractivity contribution is -0.105. The molecule has 0 N–H and O–H groups in total. The summed E-state index contributed by atoms with van der Waals surface area (Å²) >= 11 is 0. The average Bonchev–Trinajstić information content (AvgIpc) is 2.26. The molecular formula is C14H26O. The fourth-order valence-corrected chi connectivity index (χ4v) is 1.65. The van der Waals surface area contributed by atoms with Gasteiger partial charge in [-0.25, -0.2) is 0 Å². The average molecular weight is 210 g/mol. The van der Waals surface area contributed by atoms with Crippen molar-refractivity contribution in [1.29, 1.82) is 0 Å². The summed E-state index contributed by atoms with van der Waals surface area (Å²) in [5.41, 5.74) is 1.01. The Balaban J connectivity index is 3.55. The molecule has 0 aliphatic rings. The number of allylic oxidation sites excluding steroid dienone is 2. The number of carbonyl (C=O) groups is 1. The molecule has 1 heteroatoms. The van der Waals surface area contributed by atoms with E-state index in [2.05, 4.69) is 19.9 Å². The number of carbonyl (C=O) groups excluding carboxylic acids is 1. The van der Waals surface area contributed by atoms with E-state index in [0.29, 0.717) is 0 Å². The predicted molar refractivity (Wildman–Crippen MR) is 67.0 cm³/mol. The first-order chi connectivity index (χ1) is 7.35. The van der Waals surface area contributed by atoms with Crippen LogP contribution in [-0.4, -0.2) is 6.29 Å². The van der Waals surface area contributed by atoms with Crippen LogP contribution in [0, 0.1) is 0 Å². The first kappa shape index (κ1) is 14.4. The smallest absolute Gasteiger partial charge is 0.145 e. The Labute approximate surface area is 95.0 Å². The van der Waals surface area contributed by atoms with Crippen LogP contribution in [0.5, 0.6) is 0 Å². The van der Waals surface area contributed by atoms with Crippen LogP contribution in [-0.2, 0) is 4.79 Å². The standard InChI is InChI=1S/C14H26O/c1-3-5-7-8-10-12-14(13-15)11-9-6-4-2/h12-13H,3-11H2,1-2H3/b14-12+. The molecule has 0 saturated carbocycles. The minimum absolute atomic E-state index is 0.977. The summed E-state index contributed by atoms with van der Waals surface area (Å²) in [5, 5.41) is 0. The molecule has 0 aliphatic carbocycles. The third kappa shape index (κ3) is 9.71. The van der Waals surface area contributed by atoms with Gasteiger partial charge in [0.25, 0.3) is 0 Å². The largest absolute Gasteiger partial charge is 0.298 e. The molecule has 88 valence electrons. The van der Waals surface area contributed by atoms with Crippen LogP contribution in [0.3, 0.4) is 0 Å². The van der Waals surface area contributed by atoms with Gasteiger partial charge in [0.1, 0.15) is 6.29 Å². The van der Waals surface area contributed by atoms with E-state index in [9.17, 15) is 4.79 Å². The fraction of sp³-hybridized carbons (Fsp3) is 0.786. The van der Waals surface area contributed by atoms with E-state index in [1.807, 2.05) is 0 Å². The van der Waals surface area contributed by atoms with Crippen LogP contribution in [0.1, 0.15) is 71.6 Å². The van der Waals surface area contributed by atoms with Gasteiger partial charge in [0.05, 0.1) is 0 Å². The Hall–Kier alpha value is -0.590. The molecule has 0 rings (SSSR count). The molecule has 0 bridgehead atoms. The molecule has 0 unspecified atom stereocenters. The van der Waals surface area contributed by atoms with Crippen molar-refractivity contribution < 1.29 is 4.79 Å². The van der Waals surface area contributed by atoms with E-state index in [0.717, 1.165) is 31.1 Å². The lowest BCUT2D eigenvalue weighted by Gasteiger charge is -2.00. The van der Waals surface area contributed by atoms with Crippen molar-refractivity contribution in [2.75, 3.05) is 0 Å². The van der Waals surface area contributed by atoms with Crippen molar-refractivity contribution in [1.82, 2.24) is 0 Å². The molecule has 0 radical (unpaired) electrons. The third-order valence-electron chi connectivity index (χ3n) is 2.68. The lowest BCUT2D eigenvalue weighted by atomic mass is 10.1. The van der Waals surface area contributed by atoms with Gasteiger partial charge >= 0.3 is 0 Å². The minimum Gasteiger partial charge on any atom is -0.298 e. The highest BCUT2D eigenvalue weighted by molar-refractivity contribution is 5.72. The van der Waals surface area contributed by atoms with Gasteiger partial charge in [0.2, 0.25) is 0 Å². The van der Waals surface area contributed by atoms with Gasteiger partial charge in [0, 0.05) is 0 Å². The molecule has 1 nitrogen and oxygen atoms in total. The minimum atomic E-state index is 0.977. The highest BCUT2D eigenvalue weighted by Gasteiger charge is 1.95. The Morgan fingerprint density at radius 2 is 1.60 bits per heavy atom. The Kier molecular flexibility index (Phi) is 11.0. The van der Waals surface area contributed by atoms with Crippen LogP contribution in [0.15, 0.2) is 11.6 Å².